The predicted octanol–water partition coefficient (Wildman–Crippen LogP) is 1.43. The van der Waals surface area contributed by atoms with Gasteiger partial charge in [-0.2, -0.15) is 20.4 Å². The third kappa shape index (κ3) is 12.1. The Bertz CT molecular complexity index is 1390. The smallest absolute Gasteiger partial charge is 0.857 e. The van der Waals surface area contributed by atoms with Crippen molar-refractivity contribution in [2.75, 3.05) is 14.2 Å². The molecular weight excluding hydrogens is 610 g/mol. The summed E-state index contributed by atoms with van der Waals surface area (Å²) in [5.74, 6) is 0.0799. The zero-order valence-corrected chi connectivity index (χ0v) is 26.4. The Kier molecular flexibility index (Phi) is 17.5. The summed E-state index contributed by atoms with van der Waals surface area (Å²) in [7, 11) is 3.17. The topological polar surface area (TPSA) is 217 Å². The molecule has 0 radical (unpaired) electrons. The predicted molar refractivity (Wildman–Crippen MR) is 158 cm³/mol. The molecular formula is C30H30N4O8Zn. The standard InChI is InChI=1S/2C15H14N2O3.2H2O.Zn/c2*1-20-12-8-6-11(7-9-12)10-16-17-15(19)13-4-2-3-5-14(13)18;;;/h2*2-10,18H,1H3,(H,17,19);2*1H2;/q;;;;+2/p-2/b2*16-10-;;;. The Morgan fingerprint density at radius 3 is 1.21 bits per heavy atom. The normalized spacial score (nSPS) is 10.9. The summed E-state index contributed by atoms with van der Waals surface area (Å²) in [6, 6.07) is 26.7. The maximum atomic E-state index is 11.7. The Morgan fingerprint density at radius 2 is 0.907 bits per heavy atom. The number of phenolic OH excluding ortho intramolecular Hbond substituents is 2. The van der Waals surface area contributed by atoms with Gasteiger partial charge in [-0.3, -0.25) is 0 Å². The van der Waals surface area contributed by atoms with E-state index in [1.54, 1.807) is 87.0 Å². The first-order valence-electron chi connectivity index (χ1n) is 11.8. The molecule has 220 valence electrons. The molecule has 0 aliphatic rings. The van der Waals surface area contributed by atoms with Gasteiger partial charge in [-0.1, -0.05) is 36.4 Å². The molecule has 43 heavy (non-hydrogen) atoms. The van der Waals surface area contributed by atoms with Crippen molar-refractivity contribution >= 4 is 24.2 Å². The van der Waals surface area contributed by atoms with Gasteiger partial charge in [0.25, 0.3) is 0 Å². The first-order chi connectivity index (χ1) is 19.4. The Morgan fingerprint density at radius 1 is 0.581 bits per heavy atom. The molecule has 0 aliphatic carbocycles. The van der Waals surface area contributed by atoms with Gasteiger partial charge < -0.3 is 40.9 Å². The van der Waals surface area contributed by atoms with Gasteiger partial charge in [-0.25, -0.2) is 0 Å². The average molecular weight is 640 g/mol. The van der Waals surface area contributed by atoms with E-state index in [4.69, 9.17) is 9.47 Å². The molecule has 12 nitrogen and oxygen atoms in total. The number of benzene rings is 4. The number of nitrogens with zero attached hydrogens (tertiary/aromatic N) is 4. The fourth-order valence-electron chi connectivity index (χ4n) is 3.09. The fourth-order valence-corrected chi connectivity index (χ4v) is 3.09. The van der Waals surface area contributed by atoms with Gasteiger partial charge in [-0.15, -0.1) is 0 Å². The second-order valence-corrected chi connectivity index (χ2v) is 7.88. The van der Waals surface area contributed by atoms with Gasteiger partial charge in [0, 0.05) is 22.9 Å². The van der Waals surface area contributed by atoms with Crippen LogP contribution < -0.4 is 19.7 Å². The SMILES string of the molecule is COc1ccc(/C=N\N=C(/[O-])c2ccccc2O)cc1.COc1ccc(/C=N\N=C(/[O-])c2ccccc2O)cc1.O.O.[Zn+2]. The first-order valence-corrected chi connectivity index (χ1v) is 11.8. The van der Waals surface area contributed by atoms with E-state index in [0.717, 1.165) is 22.6 Å². The maximum absolute atomic E-state index is 11.7. The summed E-state index contributed by atoms with van der Waals surface area (Å²) in [4.78, 5) is 0. The second-order valence-electron chi connectivity index (χ2n) is 7.88. The molecule has 0 heterocycles. The molecule has 0 fully saturated rings. The third-order valence-electron chi connectivity index (χ3n) is 5.21. The number of para-hydroxylation sites is 2. The maximum Gasteiger partial charge on any atom is 2.00 e. The first kappa shape index (κ1) is 37.9. The van der Waals surface area contributed by atoms with Crippen LogP contribution in [-0.2, 0) is 19.5 Å². The Hall–Kier alpha value is -5.10. The van der Waals surface area contributed by atoms with Gasteiger partial charge in [0.2, 0.25) is 0 Å². The van der Waals surface area contributed by atoms with Crippen molar-refractivity contribution in [3.05, 3.63) is 119 Å². The van der Waals surface area contributed by atoms with E-state index in [1.165, 1.54) is 36.7 Å². The van der Waals surface area contributed by atoms with Crippen LogP contribution in [0.15, 0.2) is 117 Å². The van der Waals surface area contributed by atoms with Gasteiger partial charge in [0.15, 0.2) is 0 Å². The molecule has 4 aromatic carbocycles. The van der Waals surface area contributed by atoms with E-state index in [2.05, 4.69) is 20.4 Å². The van der Waals surface area contributed by atoms with Crippen LogP contribution in [-0.4, -0.2) is 59.6 Å². The molecule has 0 aromatic heterocycles. The molecule has 0 unspecified atom stereocenters. The van der Waals surface area contributed by atoms with Gasteiger partial charge in [-0.05, 0) is 71.8 Å². The van der Waals surface area contributed by atoms with Gasteiger partial charge in [0.05, 0.1) is 26.6 Å². The average Bonchev–Trinajstić information content (AvgIpc) is 2.98. The monoisotopic (exact) mass is 638 g/mol. The molecule has 0 bridgehead atoms. The summed E-state index contributed by atoms with van der Waals surface area (Å²) in [5.41, 5.74) is 1.83. The van der Waals surface area contributed by atoms with E-state index in [9.17, 15) is 20.4 Å². The minimum Gasteiger partial charge on any atom is -0.857 e. The summed E-state index contributed by atoms with van der Waals surface area (Å²) < 4.78 is 10.1. The number of ether oxygens (including phenoxy) is 2. The Labute approximate surface area is 261 Å². The van der Waals surface area contributed by atoms with Crippen molar-refractivity contribution in [3.8, 4) is 23.0 Å². The molecule has 0 aliphatic heterocycles. The van der Waals surface area contributed by atoms with Gasteiger partial charge >= 0.3 is 19.5 Å². The van der Waals surface area contributed by atoms with Crippen LogP contribution in [0.3, 0.4) is 0 Å². The molecule has 6 N–H and O–H groups in total. The zero-order valence-electron chi connectivity index (χ0n) is 23.4. The summed E-state index contributed by atoms with van der Waals surface area (Å²) in [5, 5.41) is 56.9. The van der Waals surface area contributed by atoms with Crippen LogP contribution in [0.25, 0.3) is 0 Å². The second kappa shape index (κ2) is 19.9. The number of hydrogen-bond donors (Lipinski definition) is 2. The van der Waals surface area contributed by atoms with Crippen LogP contribution in [0.1, 0.15) is 22.3 Å². The fraction of sp³-hybridized carbons (Fsp3) is 0.0667. The van der Waals surface area contributed by atoms with Crippen molar-refractivity contribution < 1.29 is 60.3 Å². The quantitative estimate of drug-likeness (QED) is 0.126. The van der Waals surface area contributed by atoms with Crippen LogP contribution in [0.4, 0.5) is 0 Å². The molecule has 0 amide bonds. The molecule has 0 atom stereocenters. The van der Waals surface area contributed by atoms with E-state index in [-0.39, 0.29) is 53.1 Å². The number of rotatable bonds is 8. The number of methoxy groups -OCH3 is 2. The number of hydrogen-bond acceptors (Lipinski definition) is 10. The minimum absolute atomic E-state index is 0. The molecule has 0 spiro atoms. The van der Waals surface area contributed by atoms with E-state index in [0.29, 0.717) is 0 Å². The van der Waals surface area contributed by atoms with Crippen molar-refractivity contribution in [2.45, 2.75) is 0 Å². The van der Waals surface area contributed by atoms with Crippen LogP contribution in [0.2, 0.25) is 0 Å². The number of phenols is 2. The van der Waals surface area contributed by atoms with Crippen molar-refractivity contribution in [3.63, 3.8) is 0 Å². The van der Waals surface area contributed by atoms with E-state index >= 15 is 0 Å². The summed E-state index contributed by atoms with van der Waals surface area (Å²) in [6.07, 6.45) is 2.91. The number of aromatic hydroxyl groups is 2. The van der Waals surface area contributed by atoms with E-state index < -0.39 is 11.8 Å². The molecule has 4 rings (SSSR count). The van der Waals surface area contributed by atoms with Crippen LogP contribution in [0, 0.1) is 0 Å². The summed E-state index contributed by atoms with van der Waals surface area (Å²) >= 11 is 0. The Balaban J connectivity index is 0.000000767. The summed E-state index contributed by atoms with van der Waals surface area (Å²) in [6.45, 7) is 0. The van der Waals surface area contributed by atoms with Crippen molar-refractivity contribution in [1.82, 2.24) is 0 Å². The molecule has 4 aromatic rings. The zero-order chi connectivity index (χ0) is 28.7. The van der Waals surface area contributed by atoms with Crippen LogP contribution in [0.5, 0.6) is 23.0 Å². The van der Waals surface area contributed by atoms with Gasteiger partial charge in [0.1, 0.15) is 23.0 Å². The van der Waals surface area contributed by atoms with Crippen LogP contribution >= 0.6 is 0 Å². The molecule has 0 saturated heterocycles. The minimum atomic E-state index is -0.590. The molecule has 0 saturated carbocycles. The van der Waals surface area contributed by atoms with Crippen molar-refractivity contribution in [1.29, 1.82) is 0 Å². The third-order valence-corrected chi connectivity index (χ3v) is 5.21. The van der Waals surface area contributed by atoms with E-state index in [1.807, 2.05) is 0 Å². The molecule has 13 heteroatoms. The van der Waals surface area contributed by atoms with Crippen molar-refractivity contribution in [2.24, 2.45) is 20.4 Å². The largest absolute Gasteiger partial charge is 2.00 e.